The van der Waals surface area contributed by atoms with Gasteiger partial charge in [-0.05, 0) is 44.0 Å². The normalized spacial score (nSPS) is 16.7. The van der Waals surface area contributed by atoms with Crippen molar-refractivity contribution in [2.75, 3.05) is 42.2 Å². The van der Waals surface area contributed by atoms with Crippen molar-refractivity contribution in [1.29, 1.82) is 0 Å². The predicted molar refractivity (Wildman–Crippen MR) is 134 cm³/mol. The molecule has 0 bridgehead atoms. The number of nitrogens with one attached hydrogen (secondary N) is 1. The number of benzene rings is 2. The van der Waals surface area contributed by atoms with Crippen molar-refractivity contribution in [2.45, 2.75) is 38.6 Å². The number of anilines is 2. The van der Waals surface area contributed by atoms with Gasteiger partial charge in [-0.2, -0.15) is 0 Å². The summed E-state index contributed by atoms with van der Waals surface area (Å²) < 4.78 is 37.6. The van der Waals surface area contributed by atoms with Crippen molar-refractivity contribution in [3.8, 4) is 11.5 Å². The van der Waals surface area contributed by atoms with Crippen LogP contribution in [0, 0.1) is 0 Å². The zero-order valence-electron chi connectivity index (χ0n) is 20.0. The largest absolute Gasteiger partial charge is 0.486 e. The number of fused-ring (bicyclic) bond motifs is 1. The van der Waals surface area contributed by atoms with Gasteiger partial charge in [0.1, 0.15) is 19.3 Å². The molecule has 2 aromatic carbocycles. The van der Waals surface area contributed by atoms with E-state index in [4.69, 9.17) is 9.47 Å². The van der Waals surface area contributed by atoms with Crippen molar-refractivity contribution in [3.63, 3.8) is 0 Å². The van der Waals surface area contributed by atoms with Crippen molar-refractivity contribution in [2.24, 2.45) is 0 Å². The molecule has 1 saturated heterocycles. The van der Waals surface area contributed by atoms with Crippen LogP contribution in [0.4, 0.5) is 11.4 Å². The van der Waals surface area contributed by atoms with E-state index in [1.54, 1.807) is 42.5 Å². The second kappa shape index (κ2) is 10.6. The Morgan fingerprint density at radius 3 is 2.31 bits per heavy atom. The maximum Gasteiger partial charge on any atom is 0.255 e. The minimum atomic E-state index is -3.83. The minimum Gasteiger partial charge on any atom is -0.486 e. The van der Waals surface area contributed by atoms with Gasteiger partial charge in [0, 0.05) is 19.2 Å². The predicted octanol–water partition coefficient (Wildman–Crippen LogP) is 3.27. The van der Waals surface area contributed by atoms with Crippen molar-refractivity contribution in [3.05, 3.63) is 48.0 Å². The Balaban J connectivity index is 1.57. The van der Waals surface area contributed by atoms with Gasteiger partial charge in [0.25, 0.3) is 5.91 Å². The molecule has 2 aliphatic rings. The summed E-state index contributed by atoms with van der Waals surface area (Å²) in [6.45, 7) is 3.64. The van der Waals surface area contributed by atoms with Crippen LogP contribution >= 0.6 is 0 Å². The minimum absolute atomic E-state index is 0.137. The van der Waals surface area contributed by atoms with Crippen LogP contribution in [-0.4, -0.2) is 63.7 Å². The van der Waals surface area contributed by atoms with Gasteiger partial charge in [0.15, 0.2) is 11.5 Å². The number of likely N-dealkylation sites (tertiary alicyclic amines) is 1. The monoisotopic (exact) mass is 501 g/mol. The summed E-state index contributed by atoms with van der Waals surface area (Å²) in [5.74, 6) is 0.249. The molecule has 35 heavy (non-hydrogen) atoms. The highest BCUT2D eigenvalue weighted by molar-refractivity contribution is 7.92. The summed E-state index contributed by atoms with van der Waals surface area (Å²) in [5, 5.41) is 2.78. The third-order valence-electron chi connectivity index (χ3n) is 6.18. The molecule has 2 aromatic rings. The third kappa shape index (κ3) is 5.70. The van der Waals surface area contributed by atoms with Gasteiger partial charge < -0.3 is 19.7 Å². The highest BCUT2D eigenvalue weighted by atomic mass is 32.2. The van der Waals surface area contributed by atoms with E-state index in [2.05, 4.69) is 5.32 Å². The average molecular weight is 502 g/mol. The fourth-order valence-corrected chi connectivity index (χ4v) is 5.60. The van der Waals surface area contributed by atoms with Gasteiger partial charge in [-0.3, -0.25) is 13.9 Å². The van der Waals surface area contributed by atoms with E-state index in [9.17, 15) is 18.0 Å². The Kier molecular flexibility index (Phi) is 7.49. The number of carbonyl (C=O) groups is 2. The van der Waals surface area contributed by atoms with Crippen LogP contribution in [0.1, 0.15) is 43.0 Å². The lowest BCUT2D eigenvalue weighted by molar-refractivity contribution is -0.116. The van der Waals surface area contributed by atoms with Crippen LogP contribution in [0.15, 0.2) is 42.5 Å². The van der Waals surface area contributed by atoms with Gasteiger partial charge in [-0.25, -0.2) is 8.42 Å². The molecule has 0 aliphatic carbocycles. The molecule has 1 fully saturated rings. The molecule has 188 valence electrons. The molecule has 0 saturated carbocycles. The van der Waals surface area contributed by atoms with E-state index >= 15 is 0 Å². The van der Waals surface area contributed by atoms with Crippen LogP contribution < -0.4 is 19.1 Å². The van der Waals surface area contributed by atoms with Gasteiger partial charge in [-0.1, -0.05) is 25.0 Å². The smallest absolute Gasteiger partial charge is 0.255 e. The number of hydrogen-bond acceptors (Lipinski definition) is 6. The molecular formula is C25H31N3O6S. The molecule has 1 atom stereocenters. The molecule has 4 rings (SSSR count). The van der Waals surface area contributed by atoms with Crippen LogP contribution in [0.3, 0.4) is 0 Å². The Morgan fingerprint density at radius 1 is 0.971 bits per heavy atom. The van der Waals surface area contributed by atoms with E-state index in [1.807, 2.05) is 4.90 Å². The second-order valence-electron chi connectivity index (χ2n) is 8.80. The molecule has 0 unspecified atom stereocenters. The Bertz CT molecular complexity index is 1190. The van der Waals surface area contributed by atoms with E-state index in [-0.39, 0.29) is 11.6 Å². The first kappa shape index (κ1) is 24.8. The van der Waals surface area contributed by atoms with Crippen LogP contribution in [0.5, 0.6) is 11.5 Å². The van der Waals surface area contributed by atoms with Crippen LogP contribution in [-0.2, 0) is 14.8 Å². The van der Waals surface area contributed by atoms with Gasteiger partial charge in [0.2, 0.25) is 15.9 Å². The van der Waals surface area contributed by atoms with E-state index in [0.717, 1.165) is 36.2 Å². The lowest BCUT2D eigenvalue weighted by Crippen LogP contribution is -2.45. The molecule has 1 N–H and O–H groups in total. The zero-order valence-corrected chi connectivity index (χ0v) is 20.8. The summed E-state index contributed by atoms with van der Waals surface area (Å²) in [5.41, 5.74) is 1.03. The van der Waals surface area contributed by atoms with E-state index in [0.29, 0.717) is 49.1 Å². The van der Waals surface area contributed by atoms with Crippen LogP contribution in [0.25, 0.3) is 0 Å². The molecule has 10 heteroatoms. The second-order valence-corrected chi connectivity index (χ2v) is 10.7. The molecular weight excluding hydrogens is 470 g/mol. The number of nitrogens with zero attached hydrogens (tertiary/aromatic N) is 2. The number of amides is 2. The maximum atomic E-state index is 13.3. The highest BCUT2D eigenvalue weighted by Crippen LogP contribution is 2.35. The molecule has 2 amide bonds. The third-order valence-corrected chi connectivity index (χ3v) is 7.42. The lowest BCUT2D eigenvalue weighted by atomic mass is 10.1. The van der Waals surface area contributed by atoms with Crippen LogP contribution in [0.2, 0.25) is 0 Å². The standard InChI is InChI=1S/C25H31N3O6S/c1-18(28(35(2,31)32)19-11-12-22-23(17-19)34-16-15-33-22)24(29)26-21-10-6-5-9-20(21)25(30)27-13-7-3-4-8-14-27/h5-6,9-12,17-18H,3-4,7-8,13-16H2,1-2H3,(H,26,29)/t18-/m1/s1. The molecule has 2 heterocycles. The summed E-state index contributed by atoms with van der Waals surface area (Å²) >= 11 is 0. The van der Waals surface area contributed by atoms with Crippen molar-refractivity contribution < 1.29 is 27.5 Å². The quantitative estimate of drug-likeness (QED) is 0.651. The first-order chi connectivity index (χ1) is 16.8. The van der Waals surface area contributed by atoms with Gasteiger partial charge in [0.05, 0.1) is 23.2 Å². The Labute approximate surface area is 206 Å². The number of sulfonamides is 1. The summed E-state index contributed by atoms with van der Waals surface area (Å²) in [6.07, 6.45) is 5.15. The summed E-state index contributed by atoms with van der Waals surface area (Å²) in [7, 11) is -3.83. The number of rotatable bonds is 6. The molecule has 0 radical (unpaired) electrons. The van der Waals surface area contributed by atoms with E-state index < -0.39 is 22.0 Å². The highest BCUT2D eigenvalue weighted by Gasteiger charge is 2.31. The lowest BCUT2D eigenvalue weighted by Gasteiger charge is -2.29. The fourth-order valence-electron chi connectivity index (χ4n) is 4.44. The zero-order chi connectivity index (χ0) is 25.0. The number of carbonyl (C=O) groups excluding carboxylic acids is 2. The molecule has 9 nitrogen and oxygen atoms in total. The Morgan fingerprint density at radius 2 is 1.63 bits per heavy atom. The average Bonchev–Trinajstić information content (AvgIpc) is 3.13. The molecule has 0 spiro atoms. The first-order valence-electron chi connectivity index (χ1n) is 11.8. The summed E-state index contributed by atoms with van der Waals surface area (Å²) in [4.78, 5) is 28.3. The summed E-state index contributed by atoms with van der Waals surface area (Å²) in [6, 6.07) is 10.5. The Hall–Kier alpha value is -3.27. The number of ether oxygens (including phenoxy) is 2. The molecule has 2 aliphatic heterocycles. The van der Waals surface area contributed by atoms with E-state index in [1.165, 1.54) is 6.92 Å². The maximum absolute atomic E-state index is 13.3. The number of hydrogen-bond donors (Lipinski definition) is 1. The van der Waals surface area contributed by atoms with Gasteiger partial charge >= 0.3 is 0 Å². The SMILES string of the molecule is C[C@H](C(=O)Nc1ccccc1C(=O)N1CCCCCC1)N(c1ccc2c(c1)OCCO2)S(C)(=O)=O. The van der Waals surface area contributed by atoms with Crippen molar-refractivity contribution in [1.82, 2.24) is 4.90 Å². The number of para-hydroxylation sites is 1. The van der Waals surface area contributed by atoms with Crippen molar-refractivity contribution >= 4 is 33.2 Å². The van der Waals surface area contributed by atoms with Gasteiger partial charge in [-0.15, -0.1) is 0 Å². The topological polar surface area (TPSA) is 105 Å². The molecule has 0 aromatic heterocycles. The fraction of sp³-hybridized carbons (Fsp3) is 0.440. The first-order valence-corrected chi connectivity index (χ1v) is 13.7.